The number of benzene rings is 1. The van der Waals surface area contributed by atoms with Gasteiger partial charge in [-0.3, -0.25) is 0 Å². The summed E-state index contributed by atoms with van der Waals surface area (Å²) in [5.74, 6) is -0.371. The number of aliphatic hydroxyl groups excluding tert-OH is 2. The maximum absolute atomic E-state index is 13.3. The van der Waals surface area contributed by atoms with Crippen molar-refractivity contribution in [1.29, 1.82) is 5.26 Å². The van der Waals surface area contributed by atoms with Gasteiger partial charge in [-0.25, -0.2) is 14.4 Å². The minimum atomic E-state index is -1.16. The molecule has 0 radical (unpaired) electrons. The van der Waals surface area contributed by atoms with Crippen molar-refractivity contribution in [3.05, 3.63) is 53.9 Å². The zero-order chi connectivity index (χ0) is 19.1. The third kappa shape index (κ3) is 2.91. The molecule has 3 aromatic rings. The lowest BCUT2D eigenvalue weighted by atomic mass is 10.2. The van der Waals surface area contributed by atoms with Crippen molar-refractivity contribution in [2.45, 2.75) is 37.7 Å². The zero-order valence-electron chi connectivity index (χ0n) is 14.5. The number of fused-ring (bicyclic) bond motifs is 1. The van der Waals surface area contributed by atoms with Gasteiger partial charge in [0, 0.05) is 18.0 Å². The summed E-state index contributed by atoms with van der Waals surface area (Å²) in [4.78, 5) is 8.44. The van der Waals surface area contributed by atoms with E-state index in [0.29, 0.717) is 12.1 Å². The maximum atomic E-state index is 13.3. The number of hydrogen-bond donors (Lipinski definition) is 2. The molecule has 1 aliphatic rings. The summed E-state index contributed by atoms with van der Waals surface area (Å²) in [5, 5.41) is 31.0. The Morgan fingerprint density at radius 2 is 2.07 bits per heavy atom. The van der Waals surface area contributed by atoms with E-state index < -0.39 is 30.2 Å². The molecular weight excluding hydrogens is 351 g/mol. The van der Waals surface area contributed by atoms with Crippen molar-refractivity contribution in [2.75, 3.05) is 0 Å². The van der Waals surface area contributed by atoms with E-state index in [1.165, 1.54) is 18.5 Å². The second kappa shape index (κ2) is 6.61. The van der Waals surface area contributed by atoms with Gasteiger partial charge in [0.25, 0.3) is 0 Å². The first-order valence-electron chi connectivity index (χ1n) is 8.50. The largest absolute Gasteiger partial charge is 0.486 e. The molecule has 138 valence electrons. The van der Waals surface area contributed by atoms with E-state index in [1.807, 2.05) is 19.1 Å². The summed E-state index contributed by atoms with van der Waals surface area (Å²) in [6.07, 6.45) is 0.574. The summed E-state index contributed by atoms with van der Waals surface area (Å²) in [6.45, 7) is 1.87. The second-order valence-electron chi connectivity index (χ2n) is 6.61. The van der Waals surface area contributed by atoms with Crippen LogP contribution >= 0.6 is 0 Å². The van der Waals surface area contributed by atoms with Gasteiger partial charge in [-0.2, -0.15) is 5.26 Å². The quantitative estimate of drug-likeness (QED) is 0.731. The lowest BCUT2D eigenvalue weighted by Crippen LogP contribution is -2.34. The Balaban J connectivity index is 1.63. The maximum Gasteiger partial charge on any atom is 0.143 e. The SMILES string of the molecule is Cc1ncnc2c1ccn2[C@H]1C[C@@H](Oc2ccc(F)cc2C#N)[C@H](O)[C@@H]1O. The molecule has 27 heavy (non-hydrogen) atoms. The fourth-order valence-corrected chi connectivity index (χ4v) is 3.58. The molecule has 0 unspecified atom stereocenters. The van der Waals surface area contributed by atoms with Crippen LogP contribution in [-0.2, 0) is 0 Å². The third-order valence-corrected chi connectivity index (χ3v) is 5.01. The first-order valence-corrected chi connectivity index (χ1v) is 8.50. The number of hydrogen-bond acceptors (Lipinski definition) is 6. The molecule has 2 heterocycles. The molecule has 0 aliphatic heterocycles. The molecule has 8 heteroatoms. The molecule has 0 saturated heterocycles. The molecule has 4 atom stereocenters. The predicted molar refractivity (Wildman–Crippen MR) is 93.5 cm³/mol. The van der Waals surface area contributed by atoms with E-state index in [0.717, 1.165) is 17.1 Å². The Labute approximate surface area is 154 Å². The molecule has 2 aromatic heterocycles. The number of aliphatic hydroxyl groups is 2. The third-order valence-electron chi connectivity index (χ3n) is 5.01. The van der Waals surface area contributed by atoms with E-state index in [4.69, 9.17) is 10.00 Å². The monoisotopic (exact) mass is 368 g/mol. The van der Waals surface area contributed by atoms with E-state index in [2.05, 4.69) is 9.97 Å². The first kappa shape index (κ1) is 17.4. The Morgan fingerprint density at radius 3 is 2.85 bits per heavy atom. The molecule has 1 fully saturated rings. The van der Waals surface area contributed by atoms with Crippen molar-refractivity contribution in [2.24, 2.45) is 0 Å². The fourth-order valence-electron chi connectivity index (χ4n) is 3.58. The topological polar surface area (TPSA) is 104 Å². The smallest absolute Gasteiger partial charge is 0.143 e. The van der Waals surface area contributed by atoms with Gasteiger partial charge in [-0.05, 0) is 31.2 Å². The van der Waals surface area contributed by atoms with Crippen LogP contribution in [0.1, 0.15) is 23.7 Å². The number of halogens is 1. The molecule has 4 rings (SSSR count). The summed E-state index contributed by atoms with van der Waals surface area (Å²) in [6, 6.07) is 6.89. The van der Waals surface area contributed by atoms with Crippen molar-refractivity contribution in [3.63, 3.8) is 0 Å². The van der Waals surface area contributed by atoms with E-state index >= 15 is 0 Å². The summed E-state index contributed by atoms with van der Waals surface area (Å²) < 4.78 is 20.9. The summed E-state index contributed by atoms with van der Waals surface area (Å²) in [5.41, 5.74) is 1.53. The van der Waals surface area contributed by atoms with Gasteiger partial charge in [0.2, 0.25) is 0 Å². The van der Waals surface area contributed by atoms with Gasteiger partial charge in [0.15, 0.2) is 0 Å². The van der Waals surface area contributed by atoms with Crippen LogP contribution in [0.5, 0.6) is 5.75 Å². The second-order valence-corrected chi connectivity index (χ2v) is 6.61. The van der Waals surface area contributed by atoms with Gasteiger partial charge in [-0.15, -0.1) is 0 Å². The number of aromatic nitrogens is 3. The highest BCUT2D eigenvalue weighted by Crippen LogP contribution is 2.36. The number of nitriles is 1. The average molecular weight is 368 g/mol. The highest BCUT2D eigenvalue weighted by Gasteiger charge is 2.44. The van der Waals surface area contributed by atoms with Gasteiger partial charge in [0.05, 0.1) is 17.3 Å². The predicted octanol–water partition coefficient (Wildman–Crippen LogP) is 1.86. The molecule has 1 saturated carbocycles. The minimum absolute atomic E-state index is 0.0370. The summed E-state index contributed by atoms with van der Waals surface area (Å²) in [7, 11) is 0. The lowest BCUT2D eigenvalue weighted by molar-refractivity contribution is -0.0164. The first-order chi connectivity index (χ1) is 13.0. The van der Waals surface area contributed by atoms with Gasteiger partial charge in [0.1, 0.15) is 47.9 Å². The van der Waals surface area contributed by atoms with E-state index in [9.17, 15) is 14.6 Å². The average Bonchev–Trinajstić information content (AvgIpc) is 3.20. The number of nitrogens with zero attached hydrogens (tertiary/aromatic N) is 4. The normalized spacial score (nSPS) is 24.9. The molecular formula is C19H17FN4O3. The molecule has 0 amide bonds. The molecule has 1 aliphatic carbocycles. The van der Waals surface area contributed by atoms with Crippen molar-refractivity contribution in [1.82, 2.24) is 14.5 Å². The molecule has 7 nitrogen and oxygen atoms in total. The zero-order valence-corrected chi connectivity index (χ0v) is 14.5. The van der Waals surface area contributed by atoms with Crippen LogP contribution in [0.4, 0.5) is 4.39 Å². The molecule has 0 bridgehead atoms. The van der Waals surface area contributed by atoms with Gasteiger partial charge >= 0.3 is 0 Å². The Hall–Kier alpha value is -3.02. The highest BCUT2D eigenvalue weighted by molar-refractivity contribution is 5.78. The van der Waals surface area contributed by atoms with Crippen LogP contribution in [0.2, 0.25) is 0 Å². The minimum Gasteiger partial charge on any atom is -0.486 e. The van der Waals surface area contributed by atoms with Crippen LogP contribution in [-0.4, -0.2) is 43.1 Å². The Bertz CT molecular complexity index is 1050. The highest BCUT2D eigenvalue weighted by atomic mass is 19.1. The van der Waals surface area contributed by atoms with Gasteiger partial charge < -0.3 is 19.5 Å². The van der Waals surface area contributed by atoms with Crippen LogP contribution < -0.4 is 4.74 Å². The van der Waals surface area contributed by atoms with Crippen LogP contribution in [0, 0.1) is 24.1 Å². The Morgan fingerprint density at radius 1 is 1.26 bits per heavy atom. The number of ether oxygens (including phenoxy) is 1. The van der Waals surface area contributed by atoms with Crippen LogP contribution in [0.25, 0.3) is 11.0 Å². The number of rotatable bonds is 3. The van der Waals surface area contributed by atoms with Crippen LogP contribution in [0.3, 0.4) is 0 Å². The fraction of sp³-hybridized carbons (Fsp3) is 0.316. The number of aryl methyl sites for hydroxylation is 1. The van der Waals surface area contributed by atoms with Crippen LogP contribution in [0.15, 0.2) is 36.8 Å². The van der Waals surface area contributed by atoms with Crippen molar-refractivity contribution >= 4 is 11.0 Å². The molecule has 2 N–H and O–H groups in total. The van der Waals surface area contributed by atoms with E-state index in [-0.39, 0.29) is 11.3 Å². The molecule has 0 spiro atoms. The van der Waals surface area contributed by atoms with Gasteiger partial charge in [-0.1, -0.05) is 0 Å². The van der Waals surface area contributed by atoms with Crippen molar-refractivity contribution in [3.8, 4) is 11.8 Å². The summed E-state index contributed by atoms with van der Waals surface area (Å²) >= 11 is 0. The standard InChI is InChI=1S/C19H17FN4O3/c1-10-13-4-5-24(19(13)23-9-22-10)14-7-16(18(26)17(14)25)27-15-3-2-12(20)6-11(15)8-21/h2-6,9,14,16-18,25-26H,7H2,1H3/t14-,16+,17+,18-/m0/s1. The van der Waals surface area contributed by atoms with Crippen molar-refractivity contribution < 1.29 is 19.3 Å². The van der Waals surface area contributed by atoms with E-state index in [1.54, 1.807) is 10.8 Å². The lowest BCUT2D eigenvalue weighted by Gasteiger charge is -2.19. The molecule has 1 aromatic carbocycles. The Kier molecular flexibility index (Phi) is 4.26.